The molecule has 2 amide bonds. The van der Waals surface area contributed by atoms with Gasteiger partial charge < -0.3 is 15.0 Å². The number of hydrogen-bond donors (Lipinski definition) is 2. The zero-order chi connectivity index (χ0) is 24.1. The van der Waals surface area contributed by atoms with E-state index in [1.165, 1.54) is 7.11 Å². The van der Waals surface area contributed by atoms with E-state index in [2.05, 4.69) is 10.3 Å². The number of ether oxygens (including phenoxy) is 1. The minimum Gasteiger partial charge on any atom is -0.464 e. The molecule has 0 aliphatic rings. The fourth-order valence-electron chi connectivity index (χ4n) is 3.45. The quantitative estimate of drug-likeness (QED) is 0.227. The fraction of sp³-hybridized carbons (Fsp3) is 0.120. The van der Waals surface area contributed by atoms with Crippen molar-refractivity contribution >= 4 is 51.8 Å². The summed E-state index contributed by atoms with van der Waals surface area (Å²) in [6, 6.07) is 21.1. The highest BCUT2D eigenvalue weighted by atomic mass is 35.5. The molecule has 3 aromatic carbocycles. The Kier molecular flexibility index (Phi) is 7.37. The van der Waals surface area contributed by atoms with Gasteiger partial charge in [-0.3, -0.25) is 4.84 Å². The number of rotatable bonds is 7. The molecule has 34 heavy (non-hydrogen) atoms. The summed E-state index contributed by atoms with van der Waals surface area (Å²) in [7, 11) is 1.30. The molecular weight excluding hydrogens is 477 g/mol. The van der Waals surface area contributed by atoms with E-state index >= 15 is 0 Å². The van der Waals surface area contributed by atoms with Crippen LogP contribution in [-0.2, 0) is 22.7 Å². The Bertz CT molecular complexity index is 1320. The Balaban J connectivity index is 1.65. The average Bonchev–Trinajstić information content (AvgIpc) is 3.22. The predicted octanol–water partition coefficient (Wildman–Crippen LogP) is 6.43. The fourth-order valence-corrected chi connectivity index (χ4v) is 3.74. The van der Waals surface area contributed by atoms with E-state index < -0.39 is 12.0 Å². The first-order chi connectivity index (χ1) is 16.5. The van der Waals surface area contributed by atoms with Crippen LogP contribution in [-0.4, -0.2) is 29.2 Å². The van der Waals surface area contributed by atoms with Gasteiger partial charge >= 0.3 is 12.0 Å². The molecule has 0 saturated heterocycles. The molecule has 4 rings (SSSR count). The number of urea groups is 1. The molecule has 0 saturated carbocycles. The molecule has 1 aromatic heterocycles. The Hall–Kier alpha value is -3.52. The number of nitrogens with one attached hydrogen (secondary N) is 2. The number of carbonyl (C=O) groups excluding carboxylic acids is 2. The molecule has 0 bridgehead atoms. The smallest absolute Gasteiger partial charge is 0.354 e. The van der Waals surface area contributed by atoms with Crippen molar-refractivity contribution in [2.75, 3.05) is 12.4 Å². The van der Waals surface area contributed by atoms with Crippen molar-refractivity contribution in [1.82, 2.24) is 10.0 Å². The van der Waals surface area contributed by atoms with Gasteiger partial charge in [-0.25, -0.2) is 9.59 Å². The number of aromatic amines is 1. The third-order valence-corrected chi connectivity index (χ3v) is 5.87. The van der Waals surface area contributed by atoms with Gasteiger partial charge in [0.2, 0.25) is 0 Å². The van der Waals surface area contributed by atoms with Crippen molar-refractivity contribution < 1.29 is 19.2 Å². The van der Waals surface area contributed by atoms with Gasteiger partial charge in [-0.2, -0.15) is 5.06 Å². The van der Waals surface area contributed by atoms with Crippen LogP contribution in [0.25, 0.3) is 10.9 Å². The van der Waals surface area contributed by atoms with E-state index in [0.717, 1.165) is 21.5 Å². The molecule has 0 spiro atoms. The Labute approximate surface area is 206 Å². The number of nitrogens with zero attached hydrogens (tertiary/aromatic N) is 1. The molecule has 7 nitrogen and oxygen atoms in total. The molecule has 0 radical (unpaired) electrons. The van der Waals surface area contributed by atoms with E-state index in [1.807, 2.05) is 54.6 Å². The van der Waals surface area contributed by atoms with E-state index in [0.29, 0.717) is 21.3 Å². The number of fused-ring (bicyclic) bond motifs is 1. The number of H-pyrrole nitrogens is 1. The molecule has 4 aromatic rings. The summed E-state index contributed by atoms with van der Waals surface area (Å²) < 4.78 is 4.94. The molecule has 2 N–H and O–H groups in total. The zero-order valence-corrected chi connectivity index (χ0v) is 19.7. The predicted molar refractivity (Wildman–Crippen MR) is 132 cm³/mol. The molecule has 0 unspecified atom stereocenters. The van der Waals surface area contributed by atoms with Crippen LogP contribution in [0.15, 0.2) is 72.8 Å². The van der Waals surface area contributed by atoms with Crippen molar-refractivity contribution in [3.05, 3.63) is 99.7 Å². The number of anilines is 1. The van der Waals surface area contributed by atoms with Gasteiger partial charge in [0.05, 0.1) is 23.7 Å². The second-order valence-electron chi connectivity index (χ2n) is 7.37. The van der Waals surface area contributed by atoms with E-state index in [4.69, 9.17) is 32.8 Å². The normalized spacial score (nSPS) is 10.8. The molecule has 0 atom stereocenters. The average molecular weight is 498 g/mol. The van der Waals surface area contributed by atoms with Crippen LogP contribution in [0.3, 0.4) is 0 Å². The number of hydroxylamine groups is 2. The maximum atomic E-state index is 13.2. The topological polar surface area (TPSA) is 83.7 Å². The first kappa shape index (κ1) is 23.6. The number of aromatic nitrogens is 1. The van der Waals surface area contributed by atoms with Gasteiger partial charge in [0.25, 0.3) is 0 Å². The van der Waals surface area contributed by atoms with Gasteiger partial charge in [-0.05, 0) is 29.8 Å². The number of hydrogen-bond acceptors (Lipinski definition) is 4. The number of methoxy groups -OCH3 is 1. The summed E-state index contributed by atoms with van der Waals surface area (Å²) in [6.45, 7) is 0.125. The Morgan fingerprint density at radius 1 is 0.971 bits per heavy atom. The summed E-state index contributed by atoms with van der Waals surface area (Å²) >= 11 is 12.1. The van der Waals surface area contributed by atoms with Gasteiger partial charge in [-0.1, -0.05) is 71.7 Å². The molecule has 0 fully saturated rings. The highest BCUT2D eigenvalue weighted by Crippen LogP contribution is 2.27. The SMILES string of the molecule is COC(=O)c1[nH]c2ccccc2c1CN(OCc1ccccc1)C(=O)Nc1ccc(Cl)c(Cl)c1. The zero-order valence-electron chi connectivity index (χ0n) is 18.2. The summed E-state index contributed by atoms with van der Waals surface area (Å²) in [4.78, 5) is 34.7. The molecule has 9 heteroatoms. The van der Waals surface area contributed by atoms with Crippen molar-refractivity contribution in [1.29, 1.82) is 0 Å². The number of halogens is 2. The van der Waals surface area contributed by atoms with E-state index in [-0.39, 0.29) is 18.8 Å². The summed E-state index contributed by atoms with van der Waals surface area (Å²) in [6.07, 6.45) is 0. The van der Waals surface area contributed by atoms with Crippen LogP contribution >= 0.6 is 23.2 Å². The number of esters is 1. The highest BCUT2D eigenvalue weighted by molar-refractivity contribution is 6.42. The Morgan fingerprint density at radius 3 is 2.44 bits per heavy atom. The summed E-state index contributed by atoms with van der Waals surface area (Å²) in [5, 5.41) is 5.38. The lowest BCUT2D eigenvalue weighted by molar-refractivity contribution is -0.131. The van der Waals surface area contributed by atoms with E-state index in [9.17, 15) is 9.59 Å². The van der Waals surface area contributed by atoms with Crippen LogP contribution in [0, 0.1) is 0 Å². The van der Waals surface area contributed by atoms with Crippen LogP contribution in [0.2, 0.25) is 10.0 Å². The van der Waals surface area contributed by atoms with Crippen LogP contribution in [0.1, 0.15) is 21.6 Å². The third kappa shape index (κ3) is 5.34. The maximum Gasteiger partial charge on any atom is 0.354 e. The van der Waals surface area contributed by atoms with Crippen LogP contribution in [0.4, 0.5) is 10.5 Å². The number of carbonyl (C=O) groups is 2. The molecule has 0 aliphatic carbocycles. The lowest BCUT2D eigenvalue weighted by atomic mass is 10.1. The van der Waals surface area contributed by atoms with Crippen LogP contribution in [0.5, 0.6) is 0 Å². The number of amides is 2. The second-order valence-corrected chi connectivity index (χ2v) is 8.18. The standard InChI is InChI=1S/C25H21Cl2N3O4/c1-33-24(31)23-19(18-9-5-6-10-22(18)29-23)14-30(34-15-16-7-3-2-4-8-16)25(32)28-17-11-12-20(26)21(27)13-17/h2-13,29H,14-15H2,1H3,(H,28,32). The first-order valence-electron chi connectivity index (χ1n) is 10.3. The highest BCUT2D eigenvalue weighted by Gasteiger charge is 2.24. The molecule has 1 heterocycles. The van der Waals surface area contributed by atoms with Crippen molar-refractivity contribution in [3.8, 4) is 0 Å². The monoisotopic (exact) mass is 497 g/mol. The molecular formula is C25H21Cl2N3O4. The second kappa shape index (κ2) is 10.6. The number of benzene rings is 3. The summed E-state index contributed by atoms with van der Waals surface area (Å²) in [5.41, 5.74) is 2.88. The van der Waals surface area contributed by atoms with Crippen molar-refractivity contribution in [2.45, 2.75) is 13.2 Å². The largest absolute Gasteiger partial charge is 0.464 e. The van der Waals surface area contributed by atoms with Gasteiger partial charge in [0.15, 0.2) is 0 Å². The Morgan fingerprint density at radius 2 is 1.71 bits per heavy atom. The lowest BCUT2D eigenvalue weighted by Gasteiger charge is -2.23. The van der Waals surface area contributed by atoms with Gasteiger partial charge in [0.1, 0.15) is 12.3 Å². The molecule has 174 valence electrons. The summed E-state index contributed by atoms with van der Waals surface area (Å²) in [5.74, 6) is -0.542. The third-order valence-electron chi connectivity index (χ3n) is 5.13. The molecule has 0 aliphatic heterocycles. The van der Waals surface area contributed by atoms with Gasteiger partial charge in [-0.15, -0.1) is 0 Å². The first-order valence-corrected chi connectivity index (χ1v) is 11.1. The number of para-hydroxylation sites is 1. The minimum absolute atomic E-state index is 0.0194. The minimum atomic E-state index is -0.546. The van der Waals surface area contributed by atoms with E-state index in [1.54, 1.807) is 18.2 Å². The van der Waals surface area contributed by atoms with Crippen molar-refractivity contribution in [3.63, 3.8) is 0 Å². The van der Waals surface area contributed by atoms with Gasteiger partial charge in [0, 0.05) is 22.2 Å². The maximum absolute atomic E-state index is 13.2. The van der Waals surface area contributed by atoms with Crippen molar-refractivity contribution in [2.24, 2.45) is 0 Å². The van der Waals surface area contributed by atoms with Crippen LogP contribution < -0.4 is 5.32 Å². The lowest BCUT2D eigenvalue weighted by Crippen LogP contribution is -2.35.